The number of fused-ring (bicyclic) bond motifs is 1. The summed E-state index contributed by atoms with van der Waals surface area (Å²) in [7, 11) is 1.65. The summed E-state index contributed by atoms with van der Waals surface area (Å²) in [4.78, 5) is 4.56. The highest BCUT2D eigenvalue weighted by molar-refractivity contribution is 6.31. The predicted octanol–water partition coefficient (Wildman–Crippen LogP) is 4.18. The molecule has 126 valence electrons. The fourth-order valence-electron chi connectivity index (χ4n) is 3.13. The van der Waals surface area contributed by atoms with Crippen molar-refractivity contribution in [3.8, 4) is 11.5 Å². The maximum Gasteiger partial charge on any atom is 0.261 e. The van der Waals surface area contributed by atoms with Gasteiger partial charge in [-0.3, -0.25) is 0 Å². The fourth-order valence-corrected chi connectivity index (χ4v) is 3.30. The van der Waals surface area contributed by atoms with Crippen LogP contribution in [0.4, 0.5) is 0 Å². The molecule has 0 saturated carbocycles. The molecule has 1 unspecified atom stereocenters. The third kappa shape index (κ3) is 2.60. The average Bonchev–Trinajstić information content (AvgIpc) is 3.22. The molecule has 1 aliphatic heterocycles. The van der Waals surface area contributed by atoms with Crippen molar-refractivity contribution >= 4 is 22.6 Å². The molecule has 0 aliphatic carbocycles. The van der Waals surface area contributed by atoms with Crippen LogP contribution in [0.15, 0.2) is 33.4 Å². The van der Waals surface area contributed by atoms with Gasteiger partial charge in [-0.1, -0.05) is 16.8 Å². The van der Waals surface area contributed by atoms with Crippen molar-refractivity contribution in [1.82, 2.24) is 10.1 Å². The van der Waals surface area contributed by atoms with Gasteiger partial charge < -0.3 is 18.4 Å². The molecular formula is C17H17ClN2O4. The van der Waals surface area contributed by atoms with Crippen LogP contribution in [-0.2, 0) is 15.1 Å². The summed E-state index contributed by atoms with van der Waals surface area (Å²) >= 11 is 6.08. The minimum Gasteiger partial charge on any atom is -0.463 e. The minimum absolute atomic E-state index is 0.385. The zero-order chi connectivity index (χ0) is 16.6. The first-order chi connectivity index (χ1) is 11.7. The lowest BCUT2D eigenvalue weighted by Crippen LogP contribution is -2.39. The number of nitrogens with zero attached hydrogens (tertiary/aromatic N) is 2. The van der Waals surface area contributed by atoms with E-state index in [2.05, 4.69) is 10.1 Å². The Morgan fingerprint density at radius 1 is 1.33 bits per heavy atom. The molecule has 0 N–H and O–H groups in total. The van der Waals surface area contributed by atoms with Crippen LogP contribution in [0.5, 0.6) is 0 Å². The van der Waals surface area contributed by atoms with Crippen LogP contribution >= 0.6 is 11.6 Å². The number of benzene rings is 1. The second kappa shape index (κ2) is 6.20. The first-order valence-corrected chi connectivity index (χ1v) is 8.24. The van der Waals surface area contributed by atoms with E-state index in [-0.39, 0.29) is 0 Å². The van der Waals surface area contributed by atoms with Crippen molar-refractivity contribution in [2.75, 3.05) is 20.3 Å². The molecule has 0 radical (unpaired) electrons. The molecule has 0 spiro atoms. The smallest absolute Gasteiger partial charge is 0.261 e. The SMILES string of the molecule is COCC1(c2noc(-c3coc4ccc(Cl)cc34)n2)CCCCO1. The summed E-state index contributed by atoms with van der Waals surface area (Å²) in [5.41, 5.74) is 0.788. The van der Waals surface area contributed by atoms with Gasteiger partial charge in [0.2, 0.25) is 5.82 Å². The van der Waals surface area contributed by atoms with E-state index in [9.17, 15) is 0 Å². The van der Waals surface area contributed by atoms with E-state index in [0.29, 0.717) is 30.0 Å². The number of furan rings is 1. The molecular weight excluding hydrogens is 332 g/mol. The predicted molar refractivity (Wildman–Crippen MR) is 87.9 cm³/mol. The standard InChI is InChI=1S/C17H17ClN2O4/c1-21-10-17(6-2-3-7-23-17)16-19-15(24-20-16)13-9-22-14-5-4-11(18)8-12(13)14/h4-5,8-9H,2-3,6-7,10H2,1H3. The second-order valence-electron chi connectivity index (χ2n) is 5.95. The van der Waals surface area contributed by atoms with Crippen molar-refractivity contribution in [2.24, 2.45) is 0 Å². The molecule has 1 aliphatic rings. The Labute approximate surface area is 143 Å². The molecule has 0 bridgehead atoms. The van der Waals surface area contributed by atoms with Crippen LogP contribution in [0.2, 0.25) is 5.02 Å². The first-order valence-electron chi connectivity index (χ1n) is 7.86. The Morgan fingerprint density at radius 3 is 3.04 bits per heavy atom. The van der Waals surface area contributed by atoms with Crippen LogP contribution in [0.25, 0.3) is 22.4 Å². The van der Waals surface area contributed by atoms with E-state index in [1.165, 1.54) is 0 Å². The maximum absolute atomic E-state index is 6.08. The summed E-state index contributed by atoms with van der Waals surface area (Å²) in [5.74, 6) is 0.895. The molecule has 1 fully saturated rings. The number of hydrogen-bond acceptors (Lipinski definition) is 6. The summed E-state index contributed by atoms with van der Waals surface area (Å²) in [5, 5.41) is 5.61. The van der Waals surface area contributed by atoms with Gasteiger partial charge in [-0.2, -0.15) is 4.98 Å². The Balaban J connectivity index is 1.74. The van der Waals surface area contributed by atoms with Crippen molar-refractivity contribution in [1.29, 1.82) is 0 Å². The number of rotatable bonds is 4. The van der Waals surface area contributed by atoms with Gasteiger partial charge in [0.15, 0.2) is 5.60 Å². The second-order valence-corrected chi connectivity index (χ2v) is 6.38. The largest absolute Gasteiger partial charge is 0.463 e. The van der Waals surface area contributed by atoms with E-state index in [4.69, 9.17) is 30.0 Å². The quantitative estimate of drug-likeness (QED) is 0.704. The van der Waals surface area contributed by atoms with E-state index in [1.54, 1.807) is 19.4 Å². The van der Waals surface area contributed by atoms with E-state index >= 15 is 0 Å². The lowest BCUT2D eigenvalue weighted by Gasteiger charge is -2.33. The summed E-state index contributed by atoms with van der Waals surface area (Å²) in [6.07, 6.45) is 4.47. The third-order valence-electron chi connectivity index (χ3n) is 4.33. The third-order valence-corrected chi connectivity index (χ3v) is 4.57. The van der Waals surface area contributed by atoms with Crippen LogP contribution in [0.1, 0.15) is 25.1 Å². The van der Waals surface area contributed by atoms with Crippen LogP contribution in [0, 0.1) is 0 Å². The zero-order valence-corrected chi connectivity index (χ0v) is 14.0. The van der Waals surface area contributed by atoms with Crippen molar-refractivity contribution in [3.05, 3.63) is 35.3 Å². The van der Waals surface area contributed by atoms with E-state index in [0.717, 1.165) is 35.8 Å². The van der Waals surface area contributed by atoms with Crippen LogP contribution in [0.3, 0.4) is 0 Å². The maximum atomic E-state index is 6.08. The molecule has 1 saturated heterocycles. The van der Waals surface area contributed by atoms with Gasteiger partial charge in [0.05, 0.1) is 12.2 Å². The molecule has 2 aromatic heterocycles. The molecule has 7 heteroatoms. The molecule has 6 nitrogen and oxygen atoms in total. The van der Waals surface area contributed by atoms with Gasteiger partial charge in [-0.15, -0.1) is 0 Å². The van der Waals surface area contributed by atoms with Crippen molar-refractivity contribution in [3.63, 3.8) is 0 Å². The first kappa shape index (κ1) is 15.6. The molecule has 0 amide bonds. The highest BCUT2D eigenvalue weighted by Gasteiger charge is 2.40. The fraction of sp³-hybridized carbons (Fsp3) is 0.412. The van der Waals surface area contributed by atoms with Crippen molar-refractivity contribution in [2.45, 2.75) is 24.9 Å². The van der Waals surface area contributed by atoms with E-state index in [1.807, 2.05) is 12.1 Å². The molecule has 1 atom stereocenters. The summed E-state index contributed by atoms with van der Waals surface area (Å²) in [6.45, 7) is 1.06. The average molecular weight is 349 g/mol. The lowest BCUT2D eigenvalue weighted by molar-refractivity contribution is -0.127. The van der Waals surface area contributed by atoms with Crippen molar-refractivity contribution < 1.29 is 18.4 Å². The van der Waals surface area contributed by atoms with E-state index < -0.39 is 5.60 Å². The van der Waals surface area contributed by atoms with Gasteiger partial charge in [0.1, 0.15) is 11.8 Å². The zero-order valence-electron chi connectivity index (χ0n) is 13.3. The van der Waals surface area contributed by atoms with Crippen LogP contribution in [-0.4, -0.2) is 30.5 Å². The number of methoxy groups -OCH3 is 1. The monoisotopic (exact) mass is 348 g/mol. The highest BCUT2D eigenvalue weighted by Crippen LogP contribution is 2.36. The Kier molecular flexibility index (Phi) is 4.04. The number of halogens is 1. The van der Waals surface area contributed by atoms with Gasteiger partial charge in [-0.25, -0.2) is 0 Å². The number of aromatic nitrogens is 2. The molecule has 3 aromatic rings. The minimum atomic E-state index is -0.647. The number of hydrogen-bond donors (Lipinski definition) is 0. The van der Waals surface area contributed by atoms with Gasteiger partial charge in [-0.05, 0) is 37.5 Å². The molecule has 3 heterocycles. The lowest BCUT2D eigenvalue weighted by atomic mass is 9.94. The Hall–Kier alpha value is -1.89. The normalized spacial score (nSPS) is 21.4. The Morgan fingerprint density at radius 2 is 2.25 bits per heavy atom. The topological polar surface area (TPSA) is 70.5 Å². The molecule has 4 rings (SSSR count). The number of ether oxygens (including phenoxy) is 2. The van der Waals surface area contributed by atoms with Gasteiger partial charge in [0, 0.05) is 24.1 Å². The van der Waals surface area contributed by atoms with Gasteiger partial charge >= 0.3 is 0 Å². The molecule has 24 heavy (non-hydrogen) atoms. The Bertz CT molecular complexity index is 846. The molecule has 1 aromatic carbocycles. The highest BCUT2D eigenvalue weighted by atomic mass is 35.5. The van der Waals surface area contributed by atoms with Crippen LogP contribution < -0.4 is 0 Å². The summed E-state index contributed by atoms with van der Waals surface area (Å²) in [6, 6.07) is 5.41. The van der Waals surface area contributed by atoms with Gasteiger partial charge in [0.25, 0.3) is 5.89 Å². The summed E-state index contributed by atoms with van der Waals surface area (Å²) < 4.78 is 22.3.